The number of rotatable bonds is 6. The second kappa shape index (κ2) is 5.30. The number of hydrogen-bond donors (Lipinski definition) is 2. The highest BCUT2D eigenvalue weighted by Gasteiger charge is 2.38. The van der Waals surface area contributed by atoms with Crippen LogP contribution < -0.4 is 0 Å². The van der Waals surface area contributed by atoms with Gasteiger partial charge in [0.05, 0.1) is 13.0 Å². The summed E-state index contributed by atoms with van der Waals surface area (Å²) in [5.74, 6) is -1.12. The van der Waals surface area contributed by atoms with Crippen molar-refractivity contribution in [1.82, 2.24) is 4.90 Å². The average molecular weight is 229 g/mol. The third kappa shape index (κ3) is 3.20. The van der Waals surface area contributed by atoms with Crippen LogP contribution in [0, 0.1) is 5.41 Å². The van der Waals surface area contributed by atoms with Crippen molar-refractivity contribution in [3.8, 4) is 0 Å². The van der Waals surface area contributed by atoms with Gasteiger partial charge in [-0.05, 0) is 12.8 Å². The van der Waals surface area contributed by atoms with Gasteiger partial charge in [-0.2, -0.15) is 0 Å². The van der Waals surface area contributed by atoms with Gasteiger partial charge in [-0.25, -0.2) is 0 Å². The lowest BCUT2D eigenvalue weighted by Gasteiger charge is -2.42. The molecule has 0 unspecified atom stereocenters. The van der Waals surface area contributed by atoms with Crippen molar-refractivity contribution in [2.75, 3.05) is 20.2 Å². The van der Waals surface area contributed by atoms with Crippen LogP contribution in [0.4, 0.5) is 0 Å². The summed E-state index contributed by atoms with van der Waals surface area (Å²) in [5, 5.41) is 17.7. The van der Waals surface area contributed by atoms with Gasteiger partial charge in [-0.1, -0.05) is 6.42 Å². The Morgan fingerprint density at radius 3 is 2.31 bits per heavy atom. The fraction of sp³-hybridized carbons (Fsp3) is 0.818. The van der Waals surface area contributed by atoms with E-state index in [1.807, 2.05) is 0 Å². The number of carbonyl (C=O) groups is 2. The smallest absolute Gasteiger partial charge is 0.303 e. The zero-order valence-electron chi connectivity index (χ0n) is 9.61. The number of nitrogens with zero attached hydrogens (tertiary/aromatic N) is 1. The van der Waals surface area contributed by atoms with Crippen LogP contribution in [0.3, 0.4) is 0 Å². The lowest BCUT2D eigenvalue weighted by atomic mass is 9.69. The van der Waals surface area contributed by atoms with E-state index < -0.39 is 5.97 Å². The first-order chi connectivity index (χ1) is 7.49. The number of carbonyl (C=O) groups excluding carboxylic acids is 1. The fourth-order valence-electron chi connectivity index (χ4n) is 2.04. The summed E-state index contributed by atoms with van der Waals surface area (Å²) in [4.78, 5) is 23.4. The van der Waals surface area contributed by atoms with Crippen molar-refractivity contribution >= 4 is 11.9 Å². The molecule has 1 aliphatic rings. The topological polar surface area (TPSA) is 77.8 Å². The second-order valence-electron chi connectivity index (χ2n) is 4.66. The summed E-state index contributed by atoms with van der Waals surface area (Å²) in [6, 6.07) is 0. The van der Waals surface area contributed by atoms with Crippen LogP contribution in [-0.4, -0.2) is 47.2 Å². The van der Waals surface area contributed by atoms with Crippen LogP contribution in [0.5, 0.6) is 0 Å². The van der Waals surface area contributed by atoms with Crippen LogP contribution in [-0.2, 0) is 9.59 Å². The highest BCUT2D eigenvalue weighted by atomic mass is 16.4. The van der Waals surface area contributed by atoms with Crippen molar-refractivity contribution in [1.29, 1.82) is 0 Å². The Morgan fingerprint density at radius 1 is 1.31 bits per heavy atom. The maximum atomic E-state index is 11.6. The lowest BCUT2D eigenvalue weighted by molar-refractivity contribution is -0.141. The zero-order chi connectivity index (χ0) is 12.2. The quantitative estimate of drug-likeness (QED) is 0.694. The monoisotopic (exact) mass is 229 g/mol. The van der Waals surface area contributed by atoms with Gasteiger partial charge in [-0.3, -0.25) is 9.59 Å². The van der Waals surface area contributed by atoms with E-state index in [9.17, 15) is 14.7 Å². The molecule has 1 rings (SSSR count). The summed E-state index contributed by atoms with van der Waals surface area (Å²) in [7, 11) is 1.67. The average Bonchev–Trinajstić information content (AvgIpc) is 2.19. The zero-order valence-corrected chi connectivity index (χ0v) is 9.61. The van der Waals surface area contributed by atoms with Crippen LogP contribution in [0.1, 0.15) is 32.1 Å². The molecule has 0 heterocycles. The van der Waals surface area contributed by atoms with E-state index >= 15 is 0 Å². The largest absolute Gasteiger partial charge is 0.481 e. The Labute approximate surface area is 95.1 Å². The van der Waals surface area contributed by atoms with Crippen LogP contribution in [0.25, 0.3) is 0 Å². The highest BCUT2D eigenvalue weighted by molar-refractivity contribution is 5.80. The molecule has 0 spiro atoms. The van der Waals surface area contributed by atoms with E-state index in [0.29, 0.717) is 6.54 Å². The summed E-state index contributed by atoms with van der Waals surface area (Å²) < 4.78 is 0. The molecule has 0 bridgehead atoms. The molecule has 16 heavy (non-hydrogen) atoms. The minimum absolute atomic E-state index is 0.0351. The Morgan fingerprint density at radius 2 is 1.94 bits per heavy atom. The summed E-state index contributed by atoms with van der Waals surface area (Å²) >= 11 is 0. The van der Waals surface area contributed by atoms with E-state index in [0.717, 1.165) is 19.3 Å². The minimum atomic E-state index is -0.956. The first kappa shape index (κ1) is 13.0. The molecule has 0 radical (unpaired) electrons. The molecule has 1 saturated carbocycles. The fourth-order valence-corrected chi connectivity index (χ4v) is 2.04. The van der Waals surface area contributed by atoms with Gasteiger partial charge < -0.3 is 15.1 Å². The predicted octanol–water partition coefficient (Wildman–Crippen LogP) is 0.472. The Kier molecular flexibility index (Phi) is 4.29. The number of carboxylic acids is 1. The van der Waals surface area contributed by atoms with Gasteiger partial charge in [0.1, 0.15) is 0 Å². The summed E-state index contributed by atoms with van der Waals surface area (Å²) in [6.45, 7) is 0.630. The van der Waals surface area contributed by atoms with Crippen molar-refractivity contribution < 1.29 is 19.8 Å². The predicted molar refractivity (Wildman–Crippen MR) is 57.9 cm³/mol. The normalized spacial score (nSPS) is 17.6. The van der Waals surface area contributed by atoms with E-state index in [4.69, 9.17) is 5.11 Å². The molecule has 5 heteroatoms. The van der Waals surface area contributed by atoms with Crippen molar-refractivity contribution in [3.05, 3.63) is 0 Å². The first-order valence-electron chi connectivity index (χ1n) is 5.56. The molecule has 0 saturated heterocycles. The summed E-state index contributed by atoms with van der Waals surface area (Å²) in [5.41, 5.74) is -0.131. The molecule has 1 aliphatic carbocycles. The second-order valence-corrected chi connectivity index (χ2v) is 4.66. The van der Waals surface area contributed by atoms with Gasteiger partial charge in [0, 0.05) is 25.4 Å². The third-order valence-corrected chi connectivity index (χ3v) is 3.30. The SMILES string of the molecule is CN(CC1(CO)CCC1)C(=O)CCC(=O)O. The van der Waals surface area contributed by atoms with Crippen molar-refractivity contribution in [2.45, 2.75) is 32.1 Å². The molecule has 0 aliphatic heterocycles. The maximum absolute atomic E-state index is 11.6. The number of aliphatic carboxylic acids is 1. The van der Waals surface area contributed by atoms with E-state index in [-0.39, 0.29) is 30.8 Å². The van der Waals surface area contributed by atoms with Gasteiger partial charge >= 0.3 is 5.97 Å². The molecule has 0 atom stereocenters. The first-order valence-corrected chi connectivity index (χ1v) is 5.56. The van der Waals surface area contributed by atoms with Gasteiger partial charge in [0.15, 0.2) is 0 Å². The van der Waals surface area contributed by atoms with Crippen LogP contribution in [0.2, 0.25) is 0 Å². The van der Waals surface area contributed by atoms with E-state index in [1.165, 1.54) is 0 Å². The lowest BCUT2D eigenvalue weighted by Crippen LogP contribution is -2.45. The third-order valence-electron chi connectivity index (χ3n) is 3.30. The van der Waals surface area contributed by atoms with Gasteiger partial charge in [-0.15, -0.1) is 0 Å². The standard InChI is InChI=1S/C11H19NO4/c1-12(9(14)3-4-10(15)16)7-11(8-13)5-2-6-11/h13H,2-8H2,1H3,(H,15,16). The van der Waals surface area contributed by atoms with Crippen molar-refractivity contribution in [2.24, 2.45) is 5.41 Å². The molecule has 0 aromatic heterocycles. The van der Waals surface area contributed by atoms with Gasteiger partial charge in [0.25, 0.3) is 0 Å². The number of carboxylic acid groups (broad SMARTS) is 1. The Bertz CT molecular complexity index is 268. The molecule has 92 valence electrons. The molecule has 2 N–H and O–H groups in total. The van der Waals surface area contributed by atoms with Crippen LogP contribution in [0.15, 0.2) is 0 Å². The highest BCUT2D eigenvalue weighted by Crippen LogP contribution is 2.40. The maximum Gasteiger partial charge on any atom is 0.303 e. The molecule has 0 aromatic rings. The van der Waals surface area contributed by atoms with Gasteiger partial charge in [0.2, 0.25) is 5.91 Å². The molecular weight excluding hydrogens is 210 g/mol. The number of amides is 1. The molecule has 1 fully saturated rings. The number of aliphatic hydroxyl groups is 1. The Hall–Kier alpha value is -1.10. The van der Waals surface area contributed by atoms with E-state index in [1.54, 1.807) is 11.9 Å². The minimum Gasteiger partial charge on any atom is -0.481 e. The Balaban J connectivity index is 2.36. The van der Waals surface area contributed by atoms with E-state index in [2.05, 4.69) is 0 Å². The molecular formula is C11H19NO4. The molecule has 0 aromatic carbocycles. The number of aliphatic hydroxyl groups excluding tert-OH is 1. The molecule has 1 amide bonds. The van der Waals surface area contributed by atoms with Crippen LogP contribution >= 0.6 is 0 Å². The van der Waals surface area contributed by atoms with Crippen molar-refractivity contribution in [3.63, 3.8) is 0 Å². The summed E-state index contributed by atoms with van der Waals surface area (Å²) in [6.07, 6.45) is 2.89. The molecule has 5 nitrogen and oxygen atoms in total. The number of hydrogen-bond acceptors (Lipinski definition) is 3.